The van der Waals surface area contributed by atoms with Crippen LogP contribution in [0.2, 0.25) is 24.8 Å². The van der Waals surface area contributed by atoms with E-state index >= 15 is 0 Å². The highest BCUT2D eigenvalue weighted by molar-refractivity contribution is 6.75. The number of fused-ring (bicyclic) bond motifs is 1. The molecule has 0 radical (unpaired) electrons. The largest absolute Gasteiger partial charge is 0.344 e. The standard InChI is InChI=1S/C8H11ClN4Si/c1-14(2,3)13-5-12-6-7(9)10-4-11-8(6)13/h4-5H,1-3H3. The topological polar surface area (TPSA) is 43.6 Å². The molecule has 0 spiro atoms. The Morgan fingerprint density at radius 1 is 1.21 bits per heavy atom. The second-order valence-electron chi connectivity index (χ2n) is 4.12. The van der Waals surface area contributed by atoms with Gasteiger partial charge in [-0.25, -0.2) is 15.0 Å². The molecule has 0 amide bonds. The lowest BCUT2D eigenvalue weighted by molar-refractivity contribution is 1.11. The Bertz CT molecular complexity index is 474. The van der Waals surface area contributed by atoms with Crippen molar-refractivity contribution in [2.75, 3.05) is 0 Å². The summed E-state index contributed by atoms with van der Waals surface area (Å²) < 4.78 is 2.12. The van der Waals surface area contributed by atoms with E-state index in [0.29, 0.717) is 10.7 Å². The van der Waals surface area contributed by atoms with Gasteiger partial charge in [0.25, 0.3) is 0 Å². The lowest BCUT2D eigenvalue weighted by Gasteiger charge is -2.17. The third kappa shape index (κ3) is 1.42. The number of halogens is 1. The molecule has 6 heteroatoms. The molecule has 0 bridgehead atoms. The first kappa shape index (κ1) is 9.61. The Labute approximate surface area is 88.1 Å². The van der Waals surface area contributed by atoms with Crippen LogP contribution in [0, 0.1) is 0 Å². The Kier molecular flexibility index (Phi) is 2.08. The average Bonchev–Trinajstić information content (AvgIpc) is 2.47. The fraction of sp³-hybridized carbons (Fsp3) is 0.375. The predicted octanol–water partition coefficient (Wildman–Crippen LogP) is 2.16. The molecule has 0 aliphatic rings. The van der Waals surface area contributed by atoms with E-state index in [0.717, 1.165) is 5.65 Å². The van der Waals surface area contributed by atoms with Crippen molar-refractivity contribution in [3.05, 3.63) is 17.8 Å². The number of imidazole rings is 1. The molecule has 0 atom stereocenters. The van der Waals surface area contributed by atoms with Crippen molar-refractivity contribution < 1.29 is 0 Å². The molecule has 0 N–H and O–H groups in total. The molecule has 0 aliphatic heterocycles. The van der Waals surface area contributed by atoms with E-state index in [9.17, 15) is 0 Å². The van der Waals surface area contributed by atoms with Crippen molar-refractivity contribution in [1.29, 1.82) is 0 Å². The van der Waals surface area contributed by atoms with Crippen LogP contribution in [0.3, 0.4) is 0 Å². The Morgan fingerprint density at radius 2 is 1.93 bits per heavy atom. The van der Waals surface area contributed by atoms with Crippen molar-refractivity contribution in [2.45, 2.75) is 19.6 Å². The van der Waals surface area contributed by atoms with E-state index in [1.165, 1.54) is 6.33 Å². The van der Waals surface area contributed by atoms with Crippen LogP contribution in [0.25, 0.3) is 11.2 Å². The highest BCUT2D eigenvalue weighted by Crippen LogP contribution is 2.20. The molecule has 0 aliphatic carbocycles. The lowest BCUT2D eigenvalue weighted by atomic mass is 10.6. The predicted molar refractivity (Wildman–Crippen MR) is 59.1 cm³/mol. The number of hydrogen-bond donors (Lipinski definition) is 0. The van der Waals surface area contributed by atoms with Crippen molar-refractivity contribution in [2.24, 2.45) is 0 Å². The summed E-state index contributed by atoms with van der Waals surface area (Å²) in [7, 11) is -1.46. The van der Waals surface area contributed by atoms with Crippen LogP contribution in [-0.4, -0.2) is 27.4 Å². The van der Waals surface area contributed by atoms with Gasteiger partial charge in [0.05, 0.1) is 6.33 Å². The molecule has 0 fully saturated rings. The van der Waals surface area contributed by atoms with Crippen LogP contribution >= 0.6 is 11.6 Å². The van der Waals surface area contributed by atoms with Crippen molar-refractivity contribution in [3.8, 4) is 0 Å². The number of hydrogen-bond acceptors (Lipinski definition) is 3. The molecule has 4 nitrogen and oxygen atoms in total. The number of aromatic nitrogens is 4. The maximum Gasteiger partial charge on any atom is 0.160 e. The third-order valence-electron chi connectivity index (χ3n) is 2.01. The van der Waals surface area contributed by atoms with Gasteiger partial charge in [0, 0.05) is 0 Å². The van der Waals surface area contributed by atoms with Crippen LogP contribution in [0.5, 0.6) is 0 Å². The Hall–Kier alpha value is -0.943. The van der Waals surface area contributed by atoms with Crippen LogP contribution in [-0.2, 0) is 0 Å². The maximum absolute atomic E-state index is 5.91. The van der Waals surface area contributed by atoms with Crippen LogP contribution < -0.4 is 0 Å². The minimum atomic E-state index is -1.46. The molecule has 2 aromatic heterocycles. The van der Waals surface area contributed by atoms with Gasteiger partial charge in [0.2, 0.25) is 0 Å². The van der Waals surface area contributed by atoms with Gasteiger partial charge in [-0.15, -0.1) is 0 Å². The van der Waals surface area contributed by atoms with E-state index < -0.39 is 8.24 Å². The highest BCUT2D eigenvalue weighted by Gasteiger charge is 2.20. The van der Waals surface area contributed by atoms with Gasteiger partial charge in [0.1, 0.15) is 11.8 Å². The van der Waals surface area contributed by atoms with Gasteiger partial charge in [0.15, 0.2) is 19.0 Å². The molecule has 0 unspecified atom stereocenters. The minimum Gasteiger partial charge on any atom is -0.344 e. The fourth-order valence-electron chi connectivity index (χ4n) is 1.30. The van der Waals surface area contributed by atoms with Crippen LogP contribution in [0.4, 0.5) is 0 Å². The Morgan fingerprint density at radius 3 is 2.57 bits per heavy atom. The second-order valence-corrected chi connectivity index (χ2v) is 9.30. The van der Waals surface area contributed by atoms with Crippen molar-refractivity contribution >= 4 is 31.0 Å². The highest BCUT2D eigenvalue weighted by atomic mass is 35.5. The Balaban J connectivity index is 2.76. The molecular weight excluding hydrogens is 216 g/mol. The van der Waals surface area contributed by atoms with Gasteiger partial charge < -0.3 is 4.23 Å². The summed E-state index contributed by atoms with van der Waals surface area (Å²) in [4.78, 5) is 12.3. The molecule has 0 saturated heterocycles. The monoisotopic (exact) mass is 226 g/mol. The SMILES string of the molecule is C[Si](C)(C)n1cnc2c(Cl)ncnc21. The summed E-state index contributed by atoms with van der Waals surface area (Å²) in [6.07, 6.45) is 3.28. The average molecular weight is 227 g/mol. The zero-order valence-electron chi connectivity index (χ0n) is 8.32. The maximum atomic E-state index is 5.91. The lowest BCUT2D eigenvalue weighted by Crippen LogP contribution is -2.31. The zero-order valence-corrected chi connectivity index (χ0v) is 10.1. The molecule has 2 rings (SSSR count). The normalized spacial score (nSPS) is 12.3. The molecule has 14 heavy (non-hydrogen) atoms. The summed E-state index contributed by atoms with van der Waals surface area (Å²) in [5.41, 5.74) is 1.53. The van der Waals surface area contributed by atoms with Crippen LogP contribution in [0.1, 0.15) is 0 Å². The second kappa shape index (κ2) is 3.03. The van der Waals surface area contributed by atoms with Crippen LogP contribution in [0.15, 0.2) is 12.7 Å². The van der Waals surface area contributed by atoms with E-state index in [2.05, 4.69) is 38.8 Å². The van der Waals surface area contributed by atoms with Gasteiger partial charge in [-0.05, 0) is 0 Å². The van der Waals surface area contributed by atoms with E-state index in [1.54, 1.807) is 6.33 Å². The number of rotatable bonds is 1. The van der Waals surface area contributed by atoms with Crippen molar-refractivity contribution in [1.82, 2.24) is 19.2 Å². The van der Waals surface area contributed by atoms with Crippen molar-refractivity contribution in [3.63, 3.8) is 0 Å². The summed E-state index contributed by atoms with van der Waals surface area (Å²) in [6, 6.07) is 0. The van der Waals surface area contributed by atoms with Gasteiger partial charge in [-0.3, -0.25) is 0 Å². The van der Waals surface area contributed by atoms with E-state index in [4.69, 9.17) is 11.6 Å². The first-order valence-electron chi connectivity index (χ1n) is 4.34. The molecule has 0 aromatic carbocycles. The molecule has 0 saturated carbocycles. The van der Waals surface area contributed by atoms with E-state index in [1.807, 2.05) is 0 Å². The first-order chi connectivity index (χ1) is 6.50. The molecule has 2 heterocycles. The van der Waals surface area contributed by atoms with E-state index in [-0.39, 0.29) is 0 Å². The minimum absolute atomic E-state index is 0.423. The van der Waals surface area contributed by atoms with Gasteiger partial charge in [-0.1, -0.05) is 31.2 Å². The summed E-state index contributed by atoms with van der Waals surface area (Å²) in [6.45, 7) is 6.68. The van der Waals surface area contributed by atoms with Gasteiger partial charge in [-0.2, -0.15) is 0 Å². The summed E-state index contributed by atoms with van der Waals surface area (Å²) >= 11 is 5.91. The number of nitrogens with zero attached hydrogens (tertiary/aromatic N) is 4. The summed E-state index contributed by atoms with van der Waals surface area (Å²) in [5, 5.41) is 0.423. The molecule has 2 aromatic rings. The molecular formula is C8H11ClN4Si. The quantitative estimate of drug-likeness (QED) is 0.553. The first-order valence-corrected chi connectivity index (χ1v) is 8.16. The zero-order chi connectivity index (χ0) is 10.3. The third-order valence-corrected chi connectivity index (χ3v) is 4.06. The summed E-state index contributed by atoms with van der Waals surface area (Å²) in [5.74, 6) is 0. The molecule has 74 valence electrons. The smallest absolute Gasteiger partial charge is 0.160 e. The fourth-order valence-corrected chi connectivity index (χ4v) is 2.68. The van der Waals surface area contributed by atoms with Gasteiger partial charge >= 0.3 is 0 Å².